The molecule has 0 aliphatic rings. The molecule has 0 amide bonds. The molecule has 1 aromatic heterocycles. The van der Waals surface area contributed by atoms with Gasteiger partial charge in [0.15, 0.2) is 0 Å². The topological polar surface area (TPSA) is 76.3 Å². The van der Waals surface area contributed by atoms with Gasteiger partial charge in [0.25, 0.3) is 6.43 Å². The first kappa shape index (κ1) is 11.4. The molecule has 7 heteroatoms. The maximum Gasteiger partial charge on any atom is 0.369 e. The van der Waals surface area contributed by atoms with Crippen LogP contribution in [0.15, 0.2) is 6.20 Å². The van der Waals surface area contributed by atoms with Crippen LogP contribution in [0, 0.1) is 17.0 Å². The van der Waals surface area contributed by atoms with Crippen molar-refractivity contribution in [2.75, 3.05) is 0 Å². The summed E-state index contributed by atoms with van der Waals surface area (Å²) in [4.78, 5) is 12.9. The molecule has 5 nitrogen and oxygen atoms in total. The van der Waals surface area contributed by atoms with E-state index in [1.807, 2.05) is 0 Å². The van der Waals surface area contributed by atoms with Crippen LogP contribution >= 0.6 is 0 Å². The zero-order chi connectivity index (χ0) is 11.6. The summed E-state index contributed by atoms with van der Waals surface area (Å²) in [6.07, 6.45) is -2.00. The summed E-state index contributed by atoms with van der Waals surface area (Å²) in [5.41, 5.74) is -0.559. The van der Waals surface area contributed by atoms with Gasteiger partial charge in [-0.2, -0.15) is 0 Å². The second kappa shape index (κ2) is 4.26. The Morgan fingerprint density at radius 1 is 1.67 bits per heavy atom. The maximum absolute atomic E-state index is 12.4. The lowest BCUT2D eigenvalue weighted by molar-refractivity contribution is -0.390. The van der Waals surface area contributed by atoms with Gasteiger partial charge < -0.3 is 15.2 Å². The second-order valence-corrected chi connectivity index (χ2v) is 2.86. The molecule has 1 aromatic rings. The lowest BCUT2D eigenvalue weighted by atomic mass is 10.1. The van der Waals surface area contributed by atoms with E-state index in [1.165, 1.54) is 6.92 Å². The molecule has 0 aliphatic carbocycles. The summed E-state index contributed by atoms with van der Waals surface area (Å²) in [7, 11) is 0. The highest BCUT2D eigenvalue weighted by molar-refractivity contribution is 5.42. The summed E-state index contributed by atoms with van der Waals surface area (Å²) >= 11 is 0. The van der Waals surface area contributed by atoms with E-state index in [1.54, 1.807) is 0 Å². The standard InChI is InChI=1S/C8H8F2N2O3/c1-4-5(7(9)10)2-11-8(12(14)15)6(4)3-13/h2,7,13H,3H2,1H3. The molecular formula is C8H8F2N2O3. The molecule has 1 N–H and O–H groups in total. The average molecular weight is 218 g/mol. The number of aliphatic hydroxyl groups is 1. The summed E-state index contributed by atoms with van der Waals surface area (Å²) in [6.45, 7) is 0.609. The number of nitrogens with zero attached hydrogens (tertiary/aromatic N) is 2. The van der Waals surface area contributed by atoms with Gasteiger partial charge in [-0.05, 0) is 22.4 Å². The third kappa shape index (κ3) is 2.07. The van der Waals surface area contributed by atoms with Crippen molar-refractivity contribution in [1.82, 2.24) is 4.98 Å². The minimum atomic E-state index is -2.76. The zero-order valence-electron chi connectivity index (χ0n) is 7.78. The first-order valence-electron chi connectivity index (χ1n) is 4.00. The number of hydrogen-bond acceptors (Lipinski definition) is 4. The molecule has 0 fully saturated rings. The molecule has 0 spiro atoms. The Hall–Kier alpha value is -1.63. The van der Waals surface area contributed by atoms with Gasteiger partial charge in [0.05, 0.1) is 17.7 Å². The fourth-order valence-electron chi connectivity index (χ4n) is 1.21. The van der Waals surface area contributed by atoms with E-state index >= 15 is 0 Å². The first-order chi connectivity index (χ1) is 6.99. The van der Waals surface area contributed by atoms with E-state index in [4.69, 9.17) is 5.11 Å². The van der Waals surface area contributed by atoms with Gasteiger partial charge in [0, 0.05) is 0 Å². The van der Waals surface area contributed by atoms with Crippen LogP contribution in [0.4, 0.5) is 14.6 Å². The largest absolute Gasteiger partial charge is 0.391 e. The molecule has 0 atom stereocenters. The lowest BCUT2D eigenvalue weighted by Crippen LogP contribution is -2.04. The van der Waals surface area contributed by atoms with Gasteiger partial charge >= 0.3 is 5.82 Å². The van der Waals surface area contributed by atoms with Crippen LogP contribution in [-0.4, -0.2) is 15.0 Å². The highest BCUT2D eigenvalue weighted by Gasteiger charge is 2.23. The number of hydrogen-bond donors (Lipinski definition) is 1. The minimum absolute atomic E-state index is 0.00852. The number of halogens is 2. The smallest absolute Gasteiger partial charge is 0.369 e. The maximum atomic E-state index is 12.4. The van der Waals surface area contributed by atoms with E-state index in [2.05, 4.69) is 4.98 Å². The Morgan fingerprint density at radius 3 is 2.67 bits per heavy atom. The monoisotopic (exact) mass is 218 g/mol. The van der Waals surface area contributed by atoms with Gasteiger partial charge in [0.2, 0.25) is 0 Å². The summed E-state index contributed by atoms with van der Waals surface area (Å²) in [6, 6.07) is 0. The van der Waals surface area contributed by atoms with Crippen molar-refractivity contribution >= 4 is 5.82 Å². The fourth-order valence-corrected chi connectivity index (χ4v) is 1.21. The van der Waals surface area contributed by atoms with Crippen LogP contribution in [0.3, 0.4) is 0 Å². The minimum Gasteiger partial charge on any atom is -0.391 e. The molecule has 1 rings (SSSR count). The van der Waals surface area contributed by atoms with Crippen LogP contribution in [-0.2, 0) is 6.61 Å². The van der Waals surface area contributed by atoms with Crippen molar-refractivity contribution in [3.8, 4) is 0 Å². The van der Waals surface area contributed by atoms with E-state index in [9.17, 15) is 18.9 Å². The predicted molar refractivity (Wildman–Crippen MR) is 46.5 cm³/mol. The number of aromatic nitrogens is 1. The Balaban J connectivity index is 3.39. The van der Waals surface area contributed by atoms with Crippen molar-refractivity contribution in [3.05, 3.63) is 33.0 Å². The van der Waals surface area contributed by atoms with Crippen molar-refractivity contribution in [2.45, 2.75) is 20.0 Å². The van der Waals surface area contributed by atoms with Gasteiger partial charge in [-0.1, -0.05) is 0 Å². The fraction of sp³-hybridized carbons (Fsp3) is 0.375. The van der Waals surface area contributed by atoms with Crippen LogP contribution in [0.1, 0.15) is 23.1 Å². The number of alkyl halides is 2. The van der Waals surface area contributed by atoms with Crippen LogP contribution in [0.5, 0.6) is 0 Å². The van der Waals surface area contributed by atoms with E-state index in [0.717, 1.165) is 6.20 Å². The van der Waals surface area contributed by atoms with Gasteiger partial charge in [0.1, 0.15) is 6.20 Å². The molecule has 0 saturated heterocycles. The van der Waals surface area contributed by atoms with Crippen LogP contribution in [0.25, 0.3) is 0 Å². The van der Waals surface area contributed by atoms with Crippen LogP contribution < -0.4 is 0 Å². The predicted octanol–water partition coefficient (Wildman–Crippen LogP) is 1.73. The van der Waals surface area contributed by atoms with E-state index < -0.39 is 29.3 Å². The molecule has 0 aromatic carbocycles. The van der Waals surface area contributed by atoms with Crippen molar-refractivity contribution < 1.29 is 18.8 Å². The van der Waals surface area contributed by atoms with E-state index in [-0.39, 0.29) is 11.1 Å². The quantitative estimate of drug-likeness (QED) is 0.619. The van der Waals surface area contributed by atoms with Crippen molar-refractivity contribution in [2.24, 2.45) is 0 Å². The summed E-state index contributed by atoms with van der Waals surface area (Å²) < 4.78 is 24.8. The lowest BCUT2D eigenvalue weighted by Gasteiger charge is -2.07. The average Bonchev–Trinajstić information content (AvgIpc) is 2.16. The highest BCUT2D eigenvalue weighted by atomic mass is 19.3. The number of pyridine rings is 1. The molecule has 82 valence electrons. The Labute approximate surface area is 83.5 Å². The second-order valence-electron chi connectivity index (χ2n) is 2.86. The van der Waals surface area contributed by atoms with E-state index in [0.29, 0.717) is 0 Å². The molecule has 0 saturated carbocycles. The third-order valence-corrected chi connectivity index (χ3v) is 2.05. The first-order valence-corrected chi connectivity index (χ1v) is 4.00. The molecule has 0 bridgehead atoms. The summed E-state index contributed by atoms with van der Waals surface area (Å²) in [5.74, 6) is -0.584. The highest BCUT2D eigenvalue weighted by Crippen LogP contribution is 2.28. The molecule has 1 heterocycles. The van der Waals surface area contributed by atoms with Gasteiger partial charge in [-0.15, -0.1) is 0 Å². The molecular weight excluding hydrogens is 210 g/mol. The van der Waals surface area contributed by atoms with Gasteiger partial charge in [-0.3, -0.25) is 0 Å². The Kier molecular flexibility index (Phi) is 3.25. The zero-order valence-corrected chi connectivity index (χ0v) is 7.78. The number of rotatable bonds is 3. The van der Waals surface area contributed by atoms with Crippen LogP contribution in [0.2, 0.25) is 0 Å². The molecule has 0 unspecified atom stereocenters. The Morgan fingerprint density at radius 2 is 2.27 bits per heavy atom. The SMILES string of the molecule is Cc1c(C(F)F)cnc([N+](=O)[O-])c1CO. The molecule has 0 aliphatic heterocycles. The van der Waals surface area contributed by atoms with Gasteiger partial charge in [-0.25, -0.2) is 8.78 Å². The Bertz CT molecular complexity index is 396. The normalized spacial score (nSPS) is 10.7. The third-order valence-electron chi connectivity index (χ3n) is 2.05. The van der Waals surface area contributed by atoms with Crippen molar-refractivity contribution in [1.29, 1.82) is 0 Å². The number of nitro groups is 1. The molecule has 0 radical (unpaired) electrons. The van der Waals surface area contributed by atoms with Crippen molar-refractivity contribution in [3.63, 3.8) is 0 Å². The number of aliphatic hydroxyl groups excluding tert-OH is 1. The molecule has 15 heavy (non-hydrogen) atoms. The summed E-state index contributed by atoms with van der Waals surface area (Å²) in [5, 5.41) is 19.3.